The van der Waals surface area contributed by atoms with Crippen molar-refractivity contribution in [3.05, 3.63) is 12.2 Å². The Hall–Kier alpha value is -1.40. The van der Waals surface area contributed by atoms with Crippen molar-refractivity contribution in [3.63, 3.8) is 0 Å². The first-order valence-electron chi connectivity index (χ1n) is 10.5. The van der Waals surface area contributed by atoms with Gasteiger partial charge in [0.05, 0.1) is 12.3 Å². The molecule has 0 bridgehead atoms. The normalized spacial score (nSPS) is 33.3. The number of carbonyl (C=O) groups is 2. The third kappa shape index (κ3) is 5.79. The van der Waals surface area contributed by atoms with Gasteiger partial charge in [-0.1, -0.05) is 25.0 Å². The summed E-state index contributed by atoms with van der Waals surface area (Å²) in [5, 5.41) is 9.43. The first kappa shape index (κ1) is 20.3. The van der Waals surface area contributed by atoms with E-state index in [2.05, 4.69) is 6.08 Å². The van der Waals surface area contributed by atoms with Crippen LogP contribution in [0.25, 0.3) is 0 Å². The van der Waals surface area contributed by atoms with Crippen molar-refractivity contribution in [2.75, 3.05) is 13.2 Å². The highest BCUT2D eigenvalue weighted by Gasteiger charge is 2.51. The molecule has 1 saturated carbocycles. The molecule has 3 rings (SSSR count). The van der Waals surface area contributed by atoms with Crippen molar-refractivity contribution in [1.82, 2.24) is 0 Å². The molecule has 2 heterocycles. The maximum Gasteiger partial charge on any atom is 0.307 e. The number of ether oxygens (including phenoxy) is 3. The Labute approximate surface area is 161 Å². The average molecular weight is 380 g/mol. The molecule has 2 saturated heterocycles. The minimum Gasteiger partial charge on any atom is -0.481 e. The third-order valence-corrected chi connectivity index (χ3v) is 5.99. The predicted octanol–water partition coefficient (Wildman–Crippen LogP) is 3.69. The lowest BCUT2D eigenvalue weighted by Crippen LogP contribution is -2.22. The van der Waals surface area contributed by atoms with Gasteiger partial charge in [-0.3, -0.25) is 9.59 Å². The summed E-state index contributed by atoms with van der Waals surface area (Å²) < 4.78 is 16.5. The highest BCUT2D eigenvalue weighted by molar-refractivity contribution is 5.75. The van der Waals surface area contributed by atoms with Crippen LogP contribution in [-0.2, 0) is 23.8 Å². The number of esters is 1. The smallest absolute Gasteiger partial charge is 0.307 e. The van der Waals surface area contributed by atoms with E-state index in [4.69, 9.17) is 14.2 Å². The molecule has 2 aliphatic heterocycles. The van der Waals surface area contributed by atoms with E-state index in [0.717, 1.165) is 58.2 Å². The Kier molecular flexibility index (Phi) is 7.70. The number of hydrogen-bond acceptors (Lipinski definition) is 5. The van der Waals surface area contributed by atoms with E-state index in [0.29, 0.717) is 12.8 Å². The van der Waals surface area contributed by atoms with Gasteiger partial charge in [0.2, 0.25) is 0 Å². The van der Waals surface area contributed by atoms with Crippen LogP contribution < -0.4 is 0 Å². The van der Waals surface area contributed by atoms with E-state index in [-0.39, 0.29) is 30.2 Å². The lowest BCUT2D eigenvalue weighted by atomic mass is 9.87. The summed E-state index contributed by atoms with van der Waals surface area (Å²) in [6, 6.07) is 0. The number of carboxylic acids is 1. The molecule has 5 atom stereocenters. The van der Waals surface area contributed by atoms with Crippen molar-refractivity contribution in [1.29, 1.82) is 0 Å². The molecule has 0 amide bonds. The molecule has 0 aromatic rings. The fourth-order valence-electron chi connectivity index (χ4n) is 4.51. The van der Waals surface area contributed by atoms with E-state index in [1.165, 1.54) is 6.42 Å². The molecule has 0 spiro atoms. The topological polar surface area (TPSA) is 82.1 Å². The molecule has 152 valence electrons. The second-order valence-corrected chi connectivity index (χ2v) is 7.95. The molecule has 1 aliphatic carbocycles. The SMILES string of the molecule is O=C1C[C@@H]2[C@H](C=CCCCCCCOC3CCCCO3)[C@@H](C(=O)O)C[C@H]2O1. The van der Waals surface area contributed by atoms with Crippen LogP contribution in [0.2, 0.25) is 0 Å². The molecule has 1 N–H and O–H groups in total. The van der Waals surface area contributed by atoms with Crippen molar-refractivity contribution < 1.29 is 28.9 Å². The van der Waals surface area contributed by atoms with Gasteiger partial charge in [-0.05, 0) is 50.9 Å². The summed E-state index contributed by atoms with van der Waals surface area (Å²) in [6.07, 6.45) is 13.4. The summed E-state index contributed by atoms with van der Waals surface area (Å²) in [5.41, 5.74) is 0. The van der Waals surface area contributed by atoms with Crippen LogP contribution in [0.4, 0.5) is 0 Å². The van der Waals surface area contributed by atoms with Crippen molar-refractivity contribution in [3.8, 4) is 0 Å². The Bertz CT molecular complexity index is 525. The minimum atomic E-state index is -0.781. The van der Waals surface area contributed by atoms with E-state index in [1.807, 2.05) is 6.08 Å². The Morgan fingerprint density at radius 3 is 2.85 bits per heavy atom. The van der Waals surface area contributed by atoms with Crippen LogP contribution in [0, 0.1) is 17.8 Å². The van der Waals surface area contributed by atoms with Gasteiger partial charge in [0, 0.05) is 19.1 Å². The van der Waals surface area contributed by atoms with Gasteiger partial charge >= 0.3 is 11.9 Å². The van der Waals surface area contributed by atoms with Crippen molar-refractivity contribution in [2.45, 2.75) is 76.6 Å². The summed E-state index contributed by atoms with van der Waals surface area (Å²) in [7, 11) is 0. The summed E-state index contributed by atoms with van der Waals surface area (Å²) in [4.78, 5) is 22.9. The minimum absolute atomic E-state index is 0.00514. The fraction of sp³-hybridized carbons (Fsp3) is 0.810. The second kappa shape index (κ2) is 10.2. The Balaban J connectivity index is 1.28. The molecular formula is C21H32O6. The molecule has 3 aliphatic rings. The predicted molar refractivity (Wildman–Crippen MR) is 99.0 cm³/mol. The van der Waals surface area contributed by atoms with Gasteiger partial charge in [-0.25, -0.2) is 0 Å². The Morgan fingerprint density at radius 2 is 2.07 bits per heavy atom. The van der Waals surface area contributed by atoms with Gasteiger partial charge in [0.1, 0.15) is 6.10 Å². The van der Waals surface area contributed by atoms with Crippen molar-refractivity contribution >= 4 is 11.9 Å². The zero-order valence-corrected chi connectivity index (χ0v) is 16.0. The quantitative estimate of drug-likeness (QED) is 0.354. The summed E-state index contributed by atoms with van der Waals surface area (Å²) >= 11 is 0. The molecule has 6 heteroatoms. The van der Waals surface area contributed by atoms with Gasteiger partial charge in [-0.15, -0.1) is 0 Å². The maximum absolute atomic E-state index is 11.5. The van der Waals surface area contributed by atoms with Crippen LogP contribution in [-0.4, -0.2) is 42.7 Å². The number of carboxylic acid groups (broad SMARTS) is 1. The standard InChI is InChI=1S/C21H32O6/c22-19-14-16-15(17(21(23)24)13-18(16)27-19)9-5-3-1-2-4-7-11-25-20-10-6-8-12-26-20/h5,9,15-18,20H,1-4,6-8,10-14H2,(H,23,24)/t15-,16+,17-,18+,20?/m0/s1. The molecule has 27 heavy (non-hydrogen) atoms. The molecule has 0 radical (unpaired) electrons. The molecule has 0 aromatic heterocycles. The van der Waals surface area contributed by atoms with E-state index < -0.39 is 11.9 Å². The lowest BCUT2D eigenvalue weighted by Gasteiger charge is -2.22. The van der Waals surface area contributed by atoms with Crippen LogP contribution in [0.5, 0.6) is 0 Å². The highest BCUT2D eigenvalue weighted by Crippen LogP contribution is 2.45. The third-order valence-electron chi connectivity index (χ3n) is 5.99. The Morgan fingerprint density at radius 1 is 1.22 bits per heavy atom. The first-order valence-corrected chi connectivity index (χ1v) is 10.5. The van der Waals surface area contributed by atoms with E-state index in [9.17, 15) is 14.7 Å². The van der Waals surface area contributed by atoms with Gasteiger partial charge in [0.15, 0.2) is 6.29 Å². The van der Waals surface area contributed by atoms with E-state index >= 15 is 0 Å². The average Bonchev–Trinajstić information content (AvgIpc) is 3.18. The van der Waals surface area contributed by atoms with Crippen LogP contribution in [0.3, 0.4) is 0 Å². The van der Waals surface area contributed by atoms with Gasteiger partial charge < -0.3 is 19.3 Å². The van der Waals surface area contributed by atoms with E-state index in [1.54, 1.807) is 0 Å². The second-order valence-electron chi connectivity index (χ2n) is 7.95. The monoisotopic (exact) mass is 380 g/mol. The van der Waals surface area contributed by atoms with Crippen LogP contribution >= 0.6 is 0 Å². The molecule has 1 unspecified atom stereocenters. The number of fused-ring (bicyclic) bond motifs is 1. The van der Waals surface area contributed by atoms with Gasteiger partial charge in [0.25, 0.3) is 0 Å². The zero-order valence-electron chi connectivity index (χ0n) is 16.0. The number of carbonyl (C=O) groups excluding carboxylic acids is 1. The molecule has 0 aromatic carbocycles. The van der Waals surface area contributed by atoms with Crippen LogP contribution in [0.1, 0.15) is 64.2 Å². The number of aliphatic carboxylic acids is 1. The largest absolute Gasteiger partial charge is 0.481 e. The number of rotatable bonds is 10. The highest BCUT2D eigenvalue weighted by atomic mass is 16.7. The molecule has 6 nitrogen and oxygen atoms in total. The zero-order chi connectivity index (χ0) is 19.1. The number of hydrogen-bond donors (Lipinski definition) is 1. The summed E-state index contributed by atoms with van der Waals surface area (Å²) in [6.45, 7) is 1.59. The molecular weight excluding hydrogens is 348 g/mol. The molecule has 3 fully saturated rings. The maximum atomic E-state index is 11.5. The van der Waals surface area contributed by atoms with Gasteiger partial charge in [-0.2, -0.15) is 0 Å². The lowest BCUT2D eigenvalue weighted by molar-refractivity contribution is -0.162. The number of allylic oxidation sites excluding steroid dienone is 2. The summed E-state index contributed by atoms with van der Waals surface area (Å²) in [5.74, 6) is -1.44. The van der Waals surface area contributed by atoms with Crippen molar-refractivity contribution in [2.24, 2.45) is 17.8 Å². The fourth-order valence-corrected chi connectivity index (χ4v) is 4.51. The number of unbranched alkanes of at least 4 members (excludes halogenated alkanes) is 4. The first-order chi connectivity index (χ1) is 13.1. The van der Waals surface area contributed by atoms with Crippen LogP contribution in [0.15, 0.2) is 12.2 Å².